The second-order valence-electron chi connectivity index (χ2n) is 7.26. The fraction of sp³-hybridized carbons (Fsp3) is 0.364. The van der Waals surface area contributed by atoms with Crippen LogP contribution in [0.5, 0.6) is 17.2 Å². The molecule has 0 aliphatic carbocycles. The summed E-state index contributed by atoms with van der Waals surface area (Å²) in [5.74, 6) is 1.56. The summed E-state index contributed by atoms with van der Waals surface area (Å²) in [6, 6.07) is 11.4. The number of carbonyl (C=O) groups excluding carboxylic acids is 2. The molecule has 2 aliphatic heterocycles. The molecule has 29 heavy (non-hydrogen) atoms. The second kappa shape index (κ2) is 8.13. The van der Waals surface area contributed by atoms with E-state index in [0.717, 1.165) is 25.1 Å². The van der Waals surface area contributed by atoms with E-state index in [2.05, 4.69) is 10.2 Å². The molecule has 0 spiro atoms. The van der Waals surface area contributed by atoms with E-state index in [0.29, 0.717) is 22.7 Å². The van der Waals surface area contributed by atoms with Crippen molar-refractivity contribution in [2.24, 2.45) is 0 Å². The van der Waals surface area contributed by atoms with Gasteiger partial charge in [0.05, 0.1) is 19.3 Å². The van der Waals surface area contributed by atoms with Gasteiger partial charge in [0, 0.05) is 17.7 Å². The van der Waals surface area contributed by atoms with Crippen LogP contribution in [0.1, 0.15) is 41.7 Å². The SMILES string of the molecule is COc1ccc([C@H]2CCCN2CC(=O)Nc2cc3c(cc2C(C)=O)OCO3)cc1. The van der Waals surface area contributed by atoms with Crippen molar-refractivity contribution in [3.63, 3.8) is 0 Å². The Morgan fingerprint density at radius 2 is 1.90 bits per heavy atom. The van der Waals surface area contributed by atoms with E-state index >= 15 is 0 Å². The zero-order chi connectivity index (χ0) is 20.4. The van der Waals surface area contributed by atoms with Crippen LogP contribution in [0.15, 0.2) is 36.4 Å². The Labute approximate surface area is 169 Å². The van der Waals surface area contributed by atoms with Crippen LogP contribution in [-0.2, 0) is 4.79 Å². The van der Waals surface area contributed by atoms with E-state index in [-0.39, 0.29) is 31.1 Å². The summed E-state index contributed by atoms with van der Waals surface area (Å²) in [6.07, 6.45) is 2.04. The number of nitrogens with zero attached hydrogens (tertiary/aromatic N) is 1. The molecular formula is C22H24N2O5. The number of ketones is 1. The minimum absolute atomic E-state index is 0.112. The molecule has 0 saturated carbocycles. The molecule has 1 amide bonds. The van der Waals surface area contributed by atoms with Gasteiger partial charge in [-0.2, -0.15) is 0 Å². The summed E-state index contributed by atoms with van der Waals surface area (Å²) in [6.45, 7) is 2.68. The van der Waals surface area contributed by atoms with Gasteiger partial charge in [0.2, 0.25) is 12.7 Å². The van der Waals surface area contributed by atoms with Gasteiger partial charge < -0.3 is 19.5 Å². The maximum atomic E-state index is 12.8. The number of anilines is 1. The Hall–Kier alpha value is -3.06. The minimum Gasteiger partial charge on any atom is -0.497 e. The monoisotopic (exact) mass is 396 g/mol. The number of rotatable bonds is 6. The van der Waals surface area contributed by atoms with E-state index < -0.39 is 0 Å². The first kappa shape index (κ1) is 19.3. The molecule has 7 heteroatoms. The Kier molecular flexibility index (Phi) is 5.40. The number of likely N-dealkylation sites (tertiary alicyclic amines) is 1. The van der Waals surface area contributed by atoms with Crippen LogP contribution in [-0.4, -0.2) is 43.6 Å². The van der Waals surface area contributed by atoms with Crippen LogP contribution < -0.4 is 19.5 Å². The zero-order valence-corrected chi connectivity index (χ0v) is 16.6. The van der Waals surface area contributed by atoms with E-state index in [1.165, 1.54) is 12.5 Å². The lowest BCUT2D eigenvalue weighted by atomic mass is 10.0. The number of Topliss-reactive ketones (excluding diaryl/α,β-unsaturated/α-hetero) is 1. The quantitative estimate of drug-likeness (QED) is 0.754. The summed E-state index contributed by atoms with van der Waals surface area (Å²) < 4.78 is 15.9. The number of hydrogen-bond donors (Lipinski definition) is 1. The summed E-state index contributed by atoms with van der Waals surface area (Å²) in [4.78, 5) is 26.9. The molecule has 1 N–H and O–H groups in total. The molecule has 1 atom stereocenters. The van der Waals surface area contributed by atoms with Gasteiger partial charge in [0.1, 0.15) is 5.75 Å². The van der Waals surface area contributed by atoms with Crippen LogP contribution in [0.3, 0.4) is 0 Å². The molecule has 0 aromatic heterocycles. The molecule has 0 unspecified atom stereocenters. The smallest absolute Gasteiger partial charge is 0.238 e. The molecule has 7 nitrogen and oxygen atoms in total. The van der Waals surface area contributed by atoms with Crippen molar-refractivity contribution in [1.29, 1.82) is 0 Å². The van der Waals surface area contributed by atoms with Crippen molar-refractivity contribution in [2.75, 3.05) is 32.3 Å². The topological polar surface area (TPSA) is 77.1 Å². The van der Waals surface area contributed by atoms with E-state index in [4.69, 9.17) is 14.2 Å². The van der Waals surface area contributed by atoms with Crippen LogP contribution in [0.2, 0.25) is 0 Å². The van der Waals surface area contributed by atoms with Gasteiger partial charge in [0.25, 0.3) is 0 Å². The molecule has 1 saturated heterocycles. The predicted octanol–water partition coefficient (Wildman–Crippen LogP) is 3.40. The zero-order valence-electron chi connectivity index (χ0n) is 16.6. The van der Waals surface area contributed by atoms with Crippen LogP contribution in [0, 0.1) is 0 Å². The third-order valence-corrected chi connectivity index (χ3v) is 5.38. The average molecular weight is 396 g/mol. The lowest BCUT2D eigenvalue weighted by molar-refractivity contribution is -0.117. The van der Waals surface area contributed by atoms with Gasteiger partial charge in [-0.25, -0.2) is 0 Å². The number of methoxy groups -OCH3 is 1. The highest BCUT2D eigenvalue weighted by molar-refractivity contribution is 6.05. The number of carbonyl (C=O) groups is 2. The molecule has 2 aromatic rings. The van der Waals surface area contributed by atoms with Crippen LogP contribution >= 0.6 is 0 Å². The Morgan fingerprint density at radius 3 is 2.59 bits per heavy atom. The van der Waals surface area contributed by atoms with Gasteiger partial charge in [-0.15, -0.1) is 0 Å². The number of benzene rings is 2. The third-order valence-electron chi connectivity index (χ3n) is 5.38. The Morgan fingerprint density at radius 1 is 1.17 bits per heavy atom. The fourth-order valence-corrected chi connectivity index (χ4v) is 3.93. The molecular weight excluding hydrogens is 372 g/mol. The first-order valence-electron chi connectivity index (χ1n) is 9.67. The lowest BCUT2D eigenvalue weighted by Crippen LogP contribution is -2.33. The van der Waals surface area contributed by atoms with E-state index in [1.54, 1.807) is 19.2 Å². The first-order chi connectivity index (χ1) is 14.0. The molecule has 2 heterocycles. The van der Waals surface area contributed by atoms with Gasteiger partial charge in [0.15, 0.2) is 17.3 Å². The van der Waals surface area contributed by atoms with Crippen molar-refractivity contribution in [3.05, 3.63) is 47.5 Å². The predicted molar refractivity (Wildman–Crippen MR) is 108 cm³/mol. The summed E-state index contributed by atoms with van der Waals surface area (Å²) in [5, 5.41) is 2.88. The summed E-state index contributed by atoms with van der Waals surface area (Å²) >= 11 is 0. The summed E-state index contributed by atoms with van der Waals surface area (Å²) in [7, 11) is 1.65. The summed E-state index contributed by atoms with van der Waals surface area (Å²) in [5.41, 5.74) is 2.03. The Bertz CT molecular complexity index is 926. The average Bonchev–Trinajstić information content (AvgIpc) is 3.36. The molecule has 1 fully saturated rings. The van der Waals surface area contributed by atoms with Crippen molar-refractivity contribution in [1.82, 2.24) is 4.90 Å². The number of nitrogens with one attached hydrogen (secondary N) is 1. The largest absolute Gasteiger partial charge is 0.497 e. The van der Waals surface area contributed by atoms with Gasteiger partial charge in [-0.05, 0) is 50.1 Å². The normalized spacial score (nSPS) is 17.9. The molecule has 152 valence electrons. The standard InChI is InChI=1S/C22H24N2O5/c1-14(25)17-10-20-21(29-13-28-20)11-18(17)23-22(26)12-24-9-3-4-19(24)15-5-7-16(27-2)8-6-15/h5-8,10-11,19H,3-4,9,12-13H2,1-2H3,(H,23,26)/t19-/m1/s1. The first-order valence-corrected chi connectivity index (χ1v) is 9.67. The molecule has 0 bridgehead atoms. The molecule has 0 radical (unpaired) electrons. The van der Waals surface area contributed by atoms with E-state index in [9.17, 15) is 9.59 Å². The number of fused-ring (bicyclic) bond motifs is 1. The Balaban J connectivity index is 1.47. The molecule has 2 aliphatic rings. The van der Waals surface area contributed by atoms with Crippen molar-refractivity contribution < 1.29 is 23.8 Å². The van der Waals surface area contributed by atoms with Crippen LogP contribution in [0.25, 0.3) is 0 Å². The van der Waals surface area contributed by atoms with E-state index in [1.807, 2.05) is 24.3 Å². The van der Waals surface area contributed by atoms with Gasteiger partial charge in [-0.3, -0.25) is 14.5 Å². The maximum absolute atomic E-state index is 12.8. The highest BCUT2D eigenvalue weighted by atomic mass is 16.7. The highest BCUT2D eigenvalue weighted by Gasteiger charge is 2.28. The maximum Gasteiger partial charge on any atom is 0.238 e. The highest BCUT2D eigenvalue weighted by Crippen LogP contribution is 2.37. The number of amides is 1. The van der Waals surface area contributed by atoms with Crippen molar-refractivity contribution in [3.8, 4) is 17.2 Å². The second-order valence-corrected chi connectivity index (χ2v) is 7.26. The fourth-order valence-electron chi connectivity index (χ4n) is 3.93. The number of ether oxygens (including phenoxy) is 3. The van der Waals surface area contributed by atoms with Gasteiger partial charge >= 0.3 is 0 Å². The number of hydrogen-bond acceptors (Lipinski definition) is 6. The van der Waals surface area contributed by atoms with Crippen molar-refractivity contribution >= 4 is 17.4 Å². The third kappa shape index (κ3) is 4.05. The van der Waals surface area contributed by atoms with Crippen molar-refractivity contribution in [2.45, 2.75) is 25.8 Å². The van der Waals surface area contributed by atoms with Gasteiger partial charge in [-0.1, -0.05) is 12.1 Å². The minimum atomic E-state index is -0.160. The molecule has 2 aromatic carbocycles. The lowest BCUT2D eigenvalue weighted by Gasteiger charge is -2.24. The molecule has 4 rings (SSSR count). The van der Waals surface area contributed by atoms with Crippen LogP contribution in [0.4, 0.5) is 5.69 Å².